The van der Waals surface area contributed by atoms with Crippen molar-refractivity contribution < 1.29 is 27.2 Å². The first-order valence-corrected chi connectivity index (χ1v) is 6.63. The van der Waals surface area contributed by atoms with Gasteiger partial charge >= 0.3 is 0 Å². The van der Waals surface area contributed by atoms with Crippen LogP contribution in [0, 0.1) is 0 Å². The predicted octanol–water partition coefficient (Wildman–Crippen LogP) is -2.19. The van der Waals surface area contributed by atoms with Crippen LogP contribution in [0.2, 0.25) is 0 Å². The maximum Gasteiger partial charge on any atom is 0.136 e. The molecule has 3 nitrogen and oxygen atoms in total. The Hall–Kier alpha value is -0.420. The fourth-order valence-electron chi connectivity index (χ4n) is 2.39. The lowest BCUT2D eigenvalue weighted by Gasteiger charge is -2.34. The number of hydrogen-bond donors (Lipinski definition) is 1. The zero-order valence-electron chi connectivity index (χ0n) is 9.69. The van der Waals surface area contributed by atoms with Gasteiger partial charge in [0.2, 0.25) is 0 Å². The van der Waals surface area contributed by atoms with E-state index in [0.29, 0.717) is 6.04 Å². The van der Waals surface area contributed by atoms with Crippen LogP contribution in [0.1, 0.15) is 11.7 Å². The lowest BCUT2D eigenvalue weighted by atomic mass is 10.0. The van der Waals surface area contributed by atoms with E-state index in [9.17, 15) is 0 Å². The van der Waals surface area contributed by atoms with Crippen molar-refractivity contribution in [1.82, 2.24) is 0 Å². The summed E-state index contributed by atoms with van der Waals surface area (Å²) in [5, 5.41) is 2.41. The second-order valence-electron chi connectivity index (χ2n) is 4.19. The molecule has 2 N–H and O–H groups in total. The quantitative estimate of drug-likeness (QED) is 0.631. The van der Waals surface area contributed by atoms with Crippen LogP contribution in [0.5, 0.6) is 5.75 Å². The smallest absolute Gasteiger partial charge is 0.136 e. The summed E-state index contributed by atoms with van der Waals surface area (Å²) in [7, 11) is 1.71. The lowest BCUT2D eigenvalue weighted by Crippen LogP contribution is -3.00. The molecule has 1 fully saturated rings. The second kappa shape index (κ2) is 5.48. The number of rotatable bonds is 1. The summed E-state index contributed by atoms with van der Waals surface area (Å²) in [6, 6.07) is 6.86. The van der Waals surface area contributed by atoms with E-state index in [4.69, 9.17) is 9.47 Å². The summed E-state index contributed by atoms with van der Waals surface area (Å²) in [5.41, 5.74) is 1.30. The van der Waals surface area contributed by atoms with E-state index in [1.807, 2.05) is 17.8 Å². The largest absolute Gasteiger partial charge is 1.00 e. The molecule has 1 aromatic rings. The summed E-state index contributed by atoms with van der Waals surface area (Å²) in [6.45, 7) is 1.93. The molecule has 17 heavy (non-hydrogen) atoms. The number of methoxy groups -OCH3 is 1. The Balaban J connectivity index is 0.00000108. The van der Waals surface area contributed by atoms with E-state index in [-0.39, 0.29) is 18.5 Å². The van der Waals surface area contributed by atoms with Crippen molar-refractivity contribution in [3.63, 3.8) is 0 Å². The van der Waals surface area contributed by atoms with Crippen molar-refractivity contribution in [3.05, 3.63) is 23.8 Å². The van der Waals surface area contributed by atoms with Crippen LogP contribution >= 0.6 is 11.8 Å². The number of hydrogen-bond acceptors (Lipinski definition) is 3. The topological polar surface area (TPSA) is 35.1 Å². The minimum absolute atomic E-state index is 0. The Kier molecular flexibility index (Phi) is 4.20. The van der Waals surface area contributed by atoms with Crippen LogP contribution in [0.3, 0.4) is 0 Å². The first-order chi connectivity index (χ1) is 7.88. The Labute approximate surface area is 112 Å². The molecule has 0 amide bonds. The molecular weight excluding hydrogens is 258 g/mol. The number of benzene rings is 1. The molecule has 2 heterocycles. The molecule has 0 aliphatic carbocycles. The van der Waals surface area contributed by atoms with Crippen molar-refractivity contribution >= 4 is 11.8 Å². The number of quaternary nitrogens is 1. The number of ether oxygens (including phenoxy) is 2. The molecule has 2 aliphatic heterocycles. The third-order valence-corrected chi connectivity index (χ3v) is 4.46. The standard InChI is InChI=1S/C12H15NO2S.ClH/c1-14-8-2-3-11-9(6-8)12-10(7-16-11)13-4-5-15-12;/h2-3,6,10,12-13H,4-5,7H2,1H3;1H/t10-,12+;/m0./s1. The van der Waals surface area contributed by atoms with Gasteiger partial charge in [-0.3, -0.25) is 0 Å². The van der Waals surface area contributed by atoms with Crippen LogP contribution in [-0.4, -0.2) is 32.1 Å². The van der Waals surface area contributed by atoms with E-state index in [2.05, 4.69) is 17.4 Å². The Morgan fingerprint density at radius 3 is 3.18 bits per heavy atom. The van der Waals surface area contributed by atoms with Crippen LogP contribution < -0.4 is 22.5 Å². The third-order valence-electron chi connectivity index (χ3n) is 3.23. The van der Waals surface area contributed by atoms with E-state index in [0.717, 1.165) is 24.7 Å². The number of nitrogens with two attached hydrogens (primary N) is 1. The fourth-order valence-corrected chi connectivity index (χ4v) is 3.58. The average Bonchev–Trinajstić information content (AvgIpc) is 2.38. The number of thioether (sulfide) groups is 1. The Morgan fingerprint density at radius 2 is 2.35 bits per heavy atom. The van der Waals surface area contributed by atoms with E-state index >= 15 is 0 Å². The molecule has 2 atom stereocenters. The minimum Gasteiger partial charge on any atom is -1.00 e. The van der Waals surface area contributed by atoms with Gasteiger partial charge in [-0.25, -0.2) is 0 Å². The van der Waals surface area contributed by atoms with Crippen molar-refractivity contribution in [1.29, 1.82) is 0 Å². The van der Waals surface area contributed by atoms with E-state index in [1.54, 1.807) is 7.11 Å². The molecular formula is C12H16ClNO2S. The van der Waals surface area contributed by atoms with Crippen molar-refractivity contribution in [2.75, 3.05) is 26.0 Å². The molecule has 1 aromatic carbocycles. The molecule has 0 saturated carbocycles. The number of halogens is 1. The number of morpholine rings is 1. The van der Waals surface area contributed by atoms with Gasteiger partial charge in [-0.15, -0.1) is 11.8 Å². The molecule has 0 bridgehead atoms. The van der Waals surface area contributed by atoms with Crippen molar-refractivity contribution in [2.24, 2.45) is 0 Å². The Morgan fingerprint density at radius 1 is 1.47 bits per heavy atom. The SMILES string of the molecule is COc1ccc2c(c1)[C@H]1OCC[NH2+][C@H]1CS2.[Cl-]. The van der Waals surface area contributed by atoms with Crippen molar-refractivity contribution in [3.8, 4) is 5.75 Å². The highest BCUT2D eigenvalue weighted by Crippen LogP contribution is 2.39. The highest BCUT2D eigenvalue weighted by molar-refractivity contribution is 7.99. The van der Waals surface area contributed by atoms with Crippen LogP contribution in [0.25, 0.3) is 0 Å². The van der Waals surface area contributed by atoms with Gasteiger partial charge in [-0.1, -0.05) is 0 Å². The predicted molar refractivity (Wildman–Crippen MR) is 63.0 cm³/mol. The molecule has 5 heteroatoms. The third kappa shape index (κ3) is 2.40. The second-order valence-corrected chi connectivity index (χ2v) is 5.26. The van der Waals surface area contributed by atoms with Gasteiger partial charge < -0.3 is 27.2 Å². The first-order valence-electron chi connectivity index (χ1n) is 5.64. The van der Waals surface area contributed by atoms with Gasteiger partial charge in [-0.05, 0) is 18.2 Å². The van der Waals surface area contributed by atoms with Gasteiger partial charge in [0.1, 0.15) is 17.9 Å². The maximum absolute atomic E-state index is 5.91. The monoisotopic (exact) mass is 273 g/mol. The molecule has 2 aliphatic rings. The van der Waals surface area contributed by atoms with Crippen molar-refractivity contribution in [2.45, 2.75) is 17.0 Å². The van der Waals surface area contributed by atoms with Gasteiger partial charge in [-0.2, -0.15) is 0 Å². The minimum atomic E-state index is 0. The van der Waals surface area contributed by atoms with Crippen LogP contribution in [0.4, 0.5) is 0 Å². The fraction of sp³-hybridized carbons (Fsp3) is 0.500. The summed E-state index contributed by atoms with van der Waals surface area (Å²) in [4.78, 5) is 1.34. The molecule has 1 saturated heterocycles. The lowest BCUT2D eigenvalue weighted by molar-refractivity contribution is -0.710. The van der Waals surface area contributed by atoms with E-state index < -0.39 is 0 Å². The maximum atomic E-state index is 5.91. The zero-order valence-corrected chi connectivity index (χ0v) is 11.3. The van der Waals surface area contributed by atoms with Gasteiger partial charge in [0.25, 0.3) is 0 Å². The average molecular weight is 274 g/mol. The molecule has 94 valence electrons. The molecule has 0 aromatic heterocycles. The highest BCUT2D eigenvalue weighted by atomic mass is 35.5. The first kappa shape index (κ1) is 13.0. The normalized spacial score (nSPS) is 26.4. The molecule has 0 radical (unpaired) electrons. The van der Waals surface area contributed by atoms with Crippen LogP contribution in [-0.2, 0) is 4.74 Å². The summed E-state index contributed by atoms with van der Waals surface area (Å²) >= 11 is 1.93. The number of fused-ring (bicyclic) bond motifs is 3. The van der Waals surface area contributed by atoms with Gasteiger partial charge in [0.05, 0.1) is 26.0 Å². The Bertz CT molecular complexity index is 402. The van der Waals surface area contributed by atoms with Gasteiger partial charge in [0.15, 0.2) is 0 Å². The van der Waals surface area contributed by atoms with Crippen LogP contribution in [0.15, 0.2) is 23.1 Å². The highest BCUT2D eigenvalue weighted by Gasteiger charge is 2.36. The summed E-state index contributed by atoms with van der Waals surface area (Å²) in [5.74, 6) is 2.07. The van der Waals surface area contributed by atoms with Gasteiger partial charge in [0, 0.05) is 10.5 Å². The zero-order chi connectivity index (χ0) is 11.0. The summed E-state index contributed by atoms with van der Waals surface area (Å²) < 4.78 is 11.2. The molecule has 0 unspecified atom stereocenters. The van der Waals surface area contributed by atoms with E-state index in [1.165, 1.54) is 10.5 Å². The molecule has 3 rings (SSSR count). The summed E-state index contributed by atoms with van der Waals surface area (Å²) in [6.07, 6.45) is 0.250. The molecule has 0 spiro atoms.